The number of hydrogen-bond donors (Lipinski definition) is 1. The number of anilines is 1. The normalized spacial score (nSPS) is 15.9. The van der Waals surface area contributed by atoms with E-state index in [4.69, 9.17) is 16.3 Å². The smallest absolute Gasteiger partial charge is 0.287 e. The highest BCUT2D eigenvalue weighted by atomic mass is 35.5. The molecule has 122 valence electrons. The van der Waals surface area contributed by atoms with E-state index in [1.807, 2.05) is 30.3 Å². The van der Waals surface area contributed by atoms with Crippen LogP contribution in [-0.2, 0) is 11.3 Å². The van der Waals surface area contributed by atoms with Crippen LogP contribution in [-0.4, -0.2) is 29.0 Å². The molecule has 1 aliphatic rings. The van der Waals surface area contributed by atoms with Gasteiger partial charge in [0.1, 0.15) is 5.02 Å². The monoisotopic (exact) mass is 333 g/mol. The Labute approximate surface area is 140 Å². The molecular weight excluding hydrogens is 314 g/mol. The van der Waals surface area contributed by atoms with Crippen LogP contribution in [0.3, 0.4) is 0 Å². The minimum atomic E-state index is -0.291. The van der Waals surface area contributed by atoms with Crippen molar-refractivity contribution in [1.82, 2.24) is 9.78 Å². The number of benzene rings is 1. The maximum atomic E-state index is 12.4. The van der Waals surface area contributed by atoms with Gasteiger partial charge in [-0.05, 0) is 24.8 Å². The summed E-state index contributed by atoms with van der Waals surface area (Å²) in [5.74, 6) is 0. The van der Waals surface area contributed by atoms with Gasteiger partial charge in [-0.25, -0.2) is 4.68 Å². The molecule has 1 saturated carbocycles. The van der Waals surface area contributed by atoms with Gasteiger partial charge in [-0.1, -0.05) is 41.9 Å². The van der Waals surface area contributed by atoms with Crippen LogP contribution < -0.4 is 10.9 Å². The van der Waals surface area contributed by atoms with Crippen LogP contribution in [0.15, 0.2) is 41.3 Å². The molecule has 23 heavy (non-hydrogen) atoms. The first-order chi connectivity index (χ1) is 11.1. The quantitative estimate of drug-likeness (QED) is 0.883. The van der Waals surface area contributed by atoms with Crippen molar-refractivity contribution < 1.29 is 4.74 Å². The molecule has 5 nitrogen and oxygen atoms in total. The van der Waals surface area contributed by atoms with Crippen molar-refractivity contribution in [2.45, 2.75) is 31.4 Å². The number of aromatic nitrogens is 2. The van der Waals surface area contributed by atoms with Crippen molar-refractivity contribution >= 4 is 17.3 Å². The van der Waals surface area contributed by atoms with Crippen molar-refractivity contribution in [3.8, 4) is 0 Å². The molecule has 0 radical (unpaired) electrons. The lowest BCUT2D eigenvalue weighted by molar-refractivity contribution is -0.0601. The minimum absolute atomic E-state index is 0.137. The fourth-order valence-corrected chi connectivity index (χ4v) is 2.95. The number of nitrogens with one attached hydrogen (secondary N) is 1. The predicted molar refractivity (Wildman–Crippen MR) is 91.1 cm³/mol. The Hall–Kier alpha value is -1.85. The van der Waals surface area contributed by atoms with Crippen LogP contribution in [0.4, 0.5) is 5.69 Å². The predicted octanol–water partition coefficient (Wildman–Crippen LogP) is 2.93. The molecule has 0 bridgehead atoms. The van der Waals surface area contributed by atoms with E-state index < -0.39 is 0 Å². The molecule has 0 saturated heterocycles. The van der Waals surface area contributed by atoms with E-state index in [-0.39, 0.29) is 16.2 Å². The average molecular weight is 334 g/mol. The van der Waals surface area contributed by atoms with Crippen LogP contribution in [0.1, 0.15) is 24.8 Å². The van der Waals surface area contributed by atoms with Gasteiger partial charge in [0.25, 0.3) is 5.56 Å². The Bertz CT molecular complexity index is 721. The average Bonchev–Trinajstić information content (AvgIpc) is 2.54. The summed E-state index contributed by atoms with van der Waals surface area (Å²) in [7, 11) is 1.72. The molecule has 1 heterocycles. The second kappa shape index (κ2) is 6.72. The summed E-state index contributed by atoms with van der Waals surface area (Å²) in [5, 5.41) is 7.59. The van der Waals surface area contributed by atoms with E-state index in [0.717, 1.165) is 18.4 Å². The lowest BCUT2D eigenvalue weighted by atomic mass is 9.80. The topological polar surface area (TPSA) is 56.1 Å². The Balaban J connectivity index is 1.74. The SMILES string of the molecule is COC1(CNc2cnn(Cc3ccccc3)c(=O)c2Cl)CCC1. The summed E-state index contributed by atoms with van der Waals surface area (Å²) in [6, 6.07) is 9.70. The largest absolute Gasteiger partial charge is 0.379 e. The number of ether oxygens (including phenoxy) is 1. The standard InChI is InChI=1S/C17H20ClN3O2/c1-23-17(8-5-9-17)12-19-14-10-20-21(16(22)15(14)18)11-13-6-3-2-4-7-13/h2-4,6-7,10,19H,5,8-9,11-12H2,1H3. The van der Waals surface area contributed by atoms with Gasteiger partial charge in [0, 0.05) is 13.7 Å². The first-order valence-corrected chi connectivity index (χ1v) is 8.10. The van der Waals surface area contributed by atoms with Crippen LogP contribution in [0, 0.1) is 0 Å². The fourth-order valence-electron chi connectivity index (χ4n) is 2.74. The number of hydrogen-bond acceptors (Lipinski definition) is 4. The number of methoxy groups -OCH3 is 1. The van der Waals surface area contributed by atoms with E-state index >= 15 is 0 Å². The van der Waals surface area contributed by atoms with Crippen LogP contribution >= 0.6 is 11.6 Å². The van der Waals surface area contributed by atoms with Crippen LogP contribution in [0.5, 0.6) is 0 Å². The minimum Gasteiger partial charge on any atom is -0.379 e. The van der Waals surface area contributed by atoms with E-state index in [1.54, 1.807) is 13.3 Å². The highest BCUT2D eigenvalue weighted by molar-refractivity contribution is 6.32. The lowest BCUT2D eigenvalue weighted by Crippen LogP contribution is -2.45. The molecule has 2 aromatic rings. The van der Waals surface area contributed by atoms with Gasteiger partial charge in [0.15, 0.2) is 0 Å². The highest BCUT2D eigenvalue weighted by Gasteiger charge is 2.36. The van der Waals surface area contributed by atoms with Gasteiger partial charge in [0.05, 0.1) is 24.0 Å². The van der Waals surface area contributed by atoms with Crippen LogP contribution in [0.25, 0.3) is 0 Å². The molecular formula is C17H20ClN3O2. The second-order valence-corrected chi connectivity index (χ2v) is 6.29. The first-order valence-electron chi connectivity index (χ1n) is 7.72. The number of nitrogens with zero attached hydrogens (tertiary/aromatic N) is 2. The summed E-state index contributed by atoms with van der Waals surface area (Å²) < 4.78 is 6.93. The zero-order valence-corrected chi connectivity index (χ0v) is 13.8. The molecule has 1 aliphatic carbocycles. The molecule has 0 spiro atoms. The van der Waals surface area contributed by atoms with Crippen molar-refractivity contribution in [1.29, 1.82) is 0 Å². The first kappa shape index (κ1) is 16.0. The molecule has 1 fully saturated rings. The second-order valence-electron chi connectivity index (χ2n) is 5.91. The molecule has 0 unspecified atom stereocenters. The fraction of sp³-hybridized carbons (Fsp3) is 0.412. The van der Waals surface area contributed by atoms with Gasteiger partial charge in [-0.15, -0.1) is 0 Å². The van der Waals surface area contributed by atoms with Crippen molar-refractivity contribution in [2.75, 3.05) is 19.0 Å². The number of halogens is 1. The summed E-state index contributed by atoms with van der Waals surface area (Å²) in [6.45, 7) is 1.04. The maximum Gasteiger partial charge on any atom is 0.287 e. The van der Waals surface area contributed by atoms with E-state index in [0.29, 0.717) is 18.8 Å². The summed E-state index contributed by atoms with van der Waals surface area (Å²) in [4.78, 5) is 12.4. The molecule has 0 atom stereocenters. The molecule has 1 N–H and O–H groups in total. The third kappa shape index (κ3) is 3.41. The van der Waals surface area contributed by atoms with Crippen molar-refractivity contribution in [2.24, 2.45) is 0 Å². The summed E-state index contributed by atoms with van der Waals surface area (Å²) in [6.07, 6.45) is 4.81. The van der Waals surface area contributed by atoms with Crippen molar-refractivity contribution in [3.05, 3.63) is 57.5 Å². The molecule has 0 amide bonds. The molecule has 1 aromatic heterocycles. The molecule has 1 aromatic carbocycles. The van der Waals surface area contributed by atoms with E-state index in [2.05, 4.69) is 10.4 Å². The number of rotatable bonds is 6. The van der Waals surface area contributed by atoms with Gasteiger partial charge in [-0.2, -0.15) is 5.10 Å². The third-order valence-electron chi connectivity index (χ3n) is 4.46. The van der Waals surface area contributed by atoms with E-state index in [9.17, 15) is 4.79 Å². The summed E-state index contributed by atoms with van der Waals surface area (Å²) in [5.41, 5.74) is 1.14. The van der Waals surface area contributed by atoms with Gasteiger partial charge < -0.3 is 10.1 Å². The van der Waals surface area contributed by atoms with Gasteiger partial charge in [-0.3, -0.25) is 4.79 Å². The summed E-state index contributed by atoms with van der Waals surface area (Å²) >= 11 is 6.22. The molecule has 0 aliphatic heterocycles. The van der Waals surface area contributed by atoms with E-state index in [1.165, 1.54) is 11.1 Å². The Morgan fingerprint density at radius 1 is 1.35 bits per heavy atom. The maximum absolute atomic E-state index is 12.4. The van der Waals surface area contributed by atoms with Crippen molar-refractivity contribution in [3.63, 3.8) is 0 Å². The third-order valence-corrected chi connectivity index (χ3v) is 4.82. The van der Waals surface area contributed by atoms with Crippen LogP contribution in [0.2, 0.25) is 5.02 Å². The zero-order chi connectivity index (χ0) is 16.3. The zero-order valence-electron chi connectivity index (χ0n) is 13.1. The highest BCUT2D eigenvalue weighted by Crippen LogP contribution is 2.35. The molecule has 6 heteroatoms. The molecule has 3 rings (SSSR count). The lowest BCUT2D eigenvalue weighted by Gasteiger charge is -2.40. The van der Waals surface area contributed by atoms with Gasteiger partial charge in [0.2, 0.25) is 0 Å². The Morgan fingerprint density at radius 2 is 2.09 bits per heavy atom. The Morgan fingerprint density at radius 3 is 2.70 bits per heavy atom. The Kier molecular flexibility index (Phi) is 4.68. The van der Waals surface area contributed by atoms with Gasteiger partial charge >= 0.3 is 0 Å².